The molecular formula is C35H28N2O5. The van der Waals surface area contributed by atoms with E-state index in [2.05, 4.69) is 5.32 Å². The zero-order valence-electron chi connectivity index (χ0n) is 23.1. The number of nitrogens with one attached hydrogen (secondary N) is 1. The van der Waals surface area contributed by atoms with Crippen LogP contribution in [0.15, 0.2) is 103 Å². The molecule has 7 heteroatoms. The highest BCUT2D eigenvalue weighted by Crippen LogP contribution is 2.58. The fraction of sp³-hybridized carbons (Fsp3) is 0.171. The lowest BCUT2D eigenvalue weighted by molar-refractivity contribution is -0.121. The van der Waals surface area contributed by atoms with E-state index in [4.69, 9.17) is 9.47 Å². The molecule has 208 valence electrons. The van der Waals surface area contributed by atoms with Crippen LogP contribution in [0.2, 0.25) is 0 Å². The number of carbonyl (C=O) groups excluding carboxylic acids is 3. The van der Waals surface area contributed by atoms with E-state index >= 15 is 0 Å². The quantitative estimate of drug-likeness (QED) is 0.313. The summed E-state index contributed by atoms with van der Waals surface area (Å²) < 4.78 is 10.7. The number of fused-ring (bicyclic) bond motifs is 6. The maximum absolute atomic E-state index is 14.8. The van der Waals surface area contributed by atoms with E-state index in [1.165, 1.54) is 0 Å². The van der Waals surface area contributed by atoms with Crippen molar-refractivity contribution >= 4 is 34.9 Å². The molecule has 1 fully saturated rings. The normalized spacial score (nSPS) is 23.1. The van der Waals surface area contributed by atoms with Gasteiger partial charge in [-0.1, -0.05) is 48.6 Å². The summed E-state index contributed by atoms with van der Waals surface area (Å²) >= 11 is 0. The molecule has 0 radical (unpaired) electrons. The zero-order chi connectivity index (χ0) is 29.0. The van der Waals surface area contributed by atoms with Gasteiger partial charge in [-0.3, -0.25) is 14.4 Å². The predicted molar refractivity (Wildman–Crippen MR) is 160 cm³/mol. The molecule has 0 saturated carbocycles. The van der Waals surface area contributed by atoms with Crippen LogP contribution in [0, 0.1) is 5.92 Å². The molecule has 4 unspecified atom stereocenters. The highest BCUT2D eigenvalue weighted by molar-refractivity contribution is 6.18. The molecule has 1 amide bonds. The lowest BCUT2D eigenvalue weighted by Gasteiger charge is -2.37. The van der Waals surface area contributed by atoms with Gasteiger partial charge in [-0.25, -0.2) is 0 Å². The van der Waals surface area contributed by atoms with Crippen molar-refractivity contribution < 1.29 is 23.9 Å². The summed E-state index contributed by atoms with van der Waals surface area (Å²) in [5.74, 6) is -0.625. The van der Waals surface area contributed by atoms with Gasteiger partial charge in [-0.15, -0.1) is 0 Å². The number of hydrogen-bond donors (Lipinski definition) is 1. The first-order chi connectivity index (χ1) is 20.5. The molecule has 4 aromatic rings. The van der Waals surface area contributed by atoms with Gasteiger partial charge in [0.15, 0.2) is 11.6 Å². The smallest absolute Gasteiger partial charge is 0.238 e. The van der Waals surface area contributed by atoms with Crippen LogP contribution in [0.4, 0.5) is 11.4 Å². The Balaban J connectivity index is 1.50. The Morgan fingerprint density at radius 3 is 2.02 bits per heavy atom. The Labute approximate surface area is 243 Å². The third-order valence-electron chi connectivity index (χ3n) is 8.84. The van der Waals surface area contributed by atoms with Gasteiger partial charge in [0, 0.05) is 22.5 Å². The van der Waals surface area contributed by atoms with Crippen LogP contribution in [-0.2, 0) is 10.2 Å². The minimum absolute atomic E-state index is 0.242. The number of Topliss-reactive ketones (excluding diaryl/α,β-unsaturated/α-hetero) is 2. The van der Waals surface area contributed by atoms with Crippen molar-refractivity contribution in [1.29, 1.82) is 0 Å². The number of anilines is 2. The summed E-state index contributed by atoms with van der Waals surface area (Å²) in [4.78, 5) is 45.9. The largest absolute Gasteiger partial charge is 0.497 e. The Bertz CT molecular complexity index is 1760. The van der Waals surface area contributed by atoms with E-state index in [9.17, 15) is 14.4 Å². The lowest BCUT2D eigenvalue weighted by atomic mass is 9.64. The SMILES string of the molecule is COc1ccc(C(=O)C2C(C(=O)c3ccc(OC)cc3)C3(C(=O)Nc4ccccc43)C3C=Cc4ccccc4N23)cc1. The number of nitrogens with zero attached hydrogens (tertiary/aromatic N) is 1. The average Bonchev–Trinajstić information content (AvgIpc) is 3.52. The van der Waals surface area contributed by atoms with Crippen LogP contribution in [0.3, 0.4) is 0 Å². The third kappa shape index (κ3) is 3.56. The van der Waals surface area contributed by atoms with Crippen molar-refractivity contribution in [2.75, 3.05) is 24.4 Å². The predicted octanol–water partition coefficient (Wildman–Crippen LogP) is 5.56. The van der Waals surface area contributed by atoms with Crippen molar-refractivity contribution in [1.82, 2.24) is 0 Å². The van der Waals surface area contributed by atoms with E-state index < -0.39 is 23.4 Å². The minimum Gasteiger partial charge on any atom is -0.497 e. The Kier molecular flexibility index (Phi) is 5.97. The first-order valence-electron chi connectivity index (χ1n) is 13.8. The van der Waals surface area contributed by atoms with Crippen LogP contribution in [0.5, 0.6) is 11.5 Å². The van der Waals surface area contributed by atoms with E-state index in [1.54, 1.807) is 62.8 Å². The zero-order valence-corrected chi connectivity index (χ0v) is 23.1. The van der Waals surface area contributed by atoms with Gasteiger partial charge in [0.05, 0.1) is 26.2 Å². The van der Waals surface area contributed by atoms with Crippen LogP contribution in [0.1, 0.15) is 31.8 Å². The van der Waals surface area contributed by atoms with E-state index in [0.717, 1.165) is 11.3 Å². The lowest BCUT2D eigenvalue weighted by Crippen LogP contribution is -2.51. The molecule has 7 rings (SSSR count). The van der Waals surface area contributed by atoms with Gasteiger partial charge in [-0.05, 0) is 71.8 Å². The molecular weight excluding hydrogens is 528 g/mol. The van der Waals surface area contributed by atoms with E-state index in [1.807, 2.05) is 65.6 Å². The second-order valence-corrected chi connectivity index (χ2v) is 10.7. The Morgan fingerprint density at radius 1 is 0.762 bits per heavy atom. The molecule has 4 aromatic carbocycles. The van der Waals surface area contributed by atoms with Gasteiger partial charge in [-0.2, -0.15) is 0 Å². The summed E-state index contributed by atoms with van der Waals surface area (Å²) in [5, 5.41) is 3.06. The Hall–Kier alpha value is -5.17. The van der Waals surface area contributed by atoms with Crippen LogP contribution in [-0.4, -0.2) is 43.8 Å². The molecule has 7 nitrogen and oxygen atoms in total. The molecule has 1 N–H and O–H groups in total. The van der Waals surface area contributed by atoms with E-state index in [-0.39, 0.29) is 17.5 Å². The summed E-state index contributed by atoms with van der Waals surface area (Å²) in [5.41, 5.74) is 2.57. The molecule has 3 aliphatic rings. The summed E-state index contributed by atoms with van der Waals surface area (Å²) in [6.45, 7) is 0. The summed E-state index contributed by atoms with van der Waals surface area (Å²) in [6.07, 6.45) is 3.96. The van der Waals surface area contributed by atoms with Crippen LogP contribution < -0.4 is 19.7 Å². The topological polar surface area (TPSA) is 84.9 Å². The number of hydrogen-bond acceptors (Lipinski definition) is 6. The number of rotatable bonds is 6. The van der Waals surface area contributed by atoms with Gasteiger partial charge in [0.25, 0.3) is 0 Å². The Morgan fingerprint density at radius 2 is 1.36 bits per heavy atom. The highest BCUT2D eigenvalue weighted by Gasteiger charge is 2.70. The van der Waals surface area contributed by atoms with Crippen molar-refractivity contribution in [3.05, 3.63) is 125 Å². The highest BCUT2D eigenvalue weighted by atomic mass is 16.5. The average molecular weight is 557 g/mol. The summed E-state index contributed by atoms with van der Waals surface area (Å²) in [7, 11) is 3.13. The number of ether oxygens (including phenoxy) is 2. The fourth-order valence-electron chi connectivity index (χ4n) is 6.98. The molecule has 0 aliphatic carbocycles. The number of para-hydroxylation sites is 2. The van der Waals surface area contributed by atoms with Crippen molar-refractivity contribution in [3.63, 3.8) is 0 Å². The molecule has 42 heavy (non-hydrogen) atoms. The molecule has 0 aromatic heterocycles. The van der Waals surface area contributed by atoms with Gasteiger partial charge in [0.1, 0.15) is 23.0 Å². The first-order valence-corrected chi connectivity index (χ1v) is 13.8. The maximum atomic E-state index is 14.8. The number of carbonyl (C=O) groups is 3. The molecule has 3 heterocycles. The third-order valence-corrected chi connectivity index (χ3v) is 8.84. The molecule has 3 aliphatic heterocycles. The van der Waals surface area contributed by atoms with Gasteiger partial charge >= 0.3 is 0 Å². The first kappa shape index (κ1) is 25.8. The second kappa shape index (κ2) is 9.73. The van der Waals surface area contributed by atoms with Gasteiger partial charge < -0.3 is 19.7 Å². The maximum Gasteiger partial charge on any atom is 0.238 e. The number of amides is 1. The van der Waals surface area contributed by atoms with Crippen molar-refractivity contribution in [2.24, 2.45) is 5.92 Å². The number of benzene rings is 4. The van der Waals surface area contributed by atoms with Crippen LogP contribution in [0.25, 0.3) is 6.08 Å². The standard InChI is InChI=1S/C35H28N2O5/c1-41-24-16-11-22(12-17-24)32(38)30-31(33(39)23-13-18-25(42-2)19-14-23)37-28-10-6-3-7-21(28)15-20-29(37)35(30)26-8-4-5-9-27(26)36-34(35)40/h3-20,29-31H,1-2H3,(H,36,40). The minimum atomic E-state index is -1.36. The number of ketones is 2. The fourth-order valence-corrected chi connectivity index (χ4v) is 6.98. The van der Waals surface area contributed by atoms with E-state index in [0.29, 0.717) is 33.9 Å². The molecule has 1 spiro atoms. The molecule has 0 bridgehead atoms. The monoisotopic (exact) mass is 556 g/mol. The molecule has 4 atom stereocenters. The second-order valence-electron chi connectivity index (χ2n) is 10.7. The van der Waals surface area contributed by atoms with Crippen molar-refractivity contribution in [3.8, 4) is 11.5 Å². The molecule has 1 saturated heterocycles. The van der Waals surface area contributed by atoms with Gasteiger partial charge in [0.2, 0.25) is 5.91 Å². The van der Waals surface area contributed by atoms with Crippen LogP contribution >= 0.6 is 0 Å². The van der Waals surface area contributed by atoms with Crippen molar-refractivity contribution in [2.45, 2.75) is 17.5 Å². The number of methoxy groups -OCH3 is 2. The summed E-state index contributed by atoms with van der Waals surface area (Å²) in [6, 6.07) is 27.4.